The van der Waals surface area contributed by atoms with E-state index in [1.165, 1.54) is 34.5 Å². The molecular formula is C11H14BrNS. The van der Waals surface area contributed by atoms with Crippen LogP contribution in [0.15, 0.2) is 33.6 Å². The van der Waals surface area contributed by atoms with Gasteiger partial charge in [-0.15, -0.1) is 11.8 Å². The first-order valence-electron chi connectivity index (χ1n) is 4.96. The molecule has 1 N–H and O–H groups in total. The highest BCUT2D eigenvalue weighted by molar-refractivity contribution is 9.10. The Morgan fingerprint density at radius 3 is 3.14 bits per heavy atom. The van der Waals surface area contributed by atoms with Crippen LogP contribution in [-0.2, 0) is 0 Å². The van der Waals surface area contributed by atoms with Gasteiger partial charge in [-0.1, -0.05) is 22.0 Å². The molecule has 1 heterocycles. The Morgan fingerprint density at radius 1 is 1.50 bits per heavy atom. The third kappa shape index (κ3) is 3.01. The lowest BCUT2D eigenvalue weighted by Crippen LogP contribution is -2.23. The molecule has 1 atom stereocenters. The molecule has 0 spiro atoms. The zero-order chi connectivity index (χ0) is 9.80. The van der Waals surface area contributed by atoms with Crippen LogP contribution >= 0.6 is 27.7 Å². The fraction of sp³-hybridized carbons (Fsp3) is 0.455. The third-order valence-electron chi connectivity index (χ3n) is 2.41. The lowest BCUT2D eigenvalue weighted by atomic mass is 10.3. The molecule has 0 aromatic heterocycles. The van der Waals surface area contributed by atoms with E-state index in [9.17, 15) is 0 Å². The first-order chi connectivity index (χ1) is 6.84. The second-order valence-corrected chi connectivity index (χ2v) is 5.57. The summed E-state index contributed by atoms with van der Waals surface area (Å²) in [5.74, 6) is 1.19. The molecule has 14 heavy (non-hydrogen) atoms. The second-order valence-electron chi connectivity index (χ2n) is 3.56. The normalized spacial score (nSPS) is 21.4. The van der Waals surface area contributed by atoms with Gasteiger partial charge in [0.05, 0.1) is 0 Å². The first kappa shape index (κ1) is 10.5. The van der Waals surface area contributed by atoms with E-state index in [1.54, 1.807) is 0 Å². The lowest BCUT2D eigenvalue weighted by molar-refractivity contribution is 0.674. The molecular weight excluding hydrogens is 258 g/mol. The summed E-state index contributed by atoms with van der Waals surface area (Å²) < 4.78 is 1.17. The van der Waals surface area contributed by atoms with Gasteiger partial charge >= 0.3 is 0 Å². The molecule has 0 saturated carbocycles. The molecule has 1 saturated heterocycles. The van der Waals surface area contributed by atoms with Gasteiger partial charge in [0.25, 0.3) is 0 Å². The van der Waals surface area contributed by atoms with Crippen LogP contribution in [0.5, 0.6) is 0 Å². The number of benzene rings is 1. The summed E-state index contributed by atoms with van der Waals surface area (Å²) in [4.78, 5) is 1.35. The van der Waals surface area contributed by atoms with E-state index in [0.717, 1.165) is 6.04 Å². The van der Waals surface area contributed by atoms with Crippen LogP contribution in [0.1, 0.15) is 12.8 Å². The van der Waals surface area contributed by atoms with Crippen molar-refractivity contribution in [1.29, 1.82) is 0 Å². The highest BCUT2D eigenvalue weighted by Gasteiger charge is 2.13. The zero-order valence-electron chi connectivity index (χ0n) is 8.00. The van der Waals surface area contributed by atoms with E-state index in [4.69, 9.17) is 0 Å². The largest absolute Gasteiger partial charge is 0.313 e. The maximum atomic E-state index is 3.51. The summed E-state index contributed by atoms with van der Waals surface area (Å²) in [6.45, 7) is 1.20. The molecule has 1 aliphatic rings. The van der Waals surface area contributed by atoms with Crippen molar-refractivity contribution in [1.82, 2.24) is 5.32 Å². The Hall–Kier alpha value is 0.01000. The van der Waals surface area contributed by atoms with Gasteiger partial charge in [-0.3, -0.25) is 0 Å². The predicted molar refractivity (Wildman–Crippen MR) is 65.9 cm³/mol. The Kier molecular flexibility index (Phi) is 3.90. The highest BCUT2D eigenvalue weighted by Crippen LogP contribution is 2.24. The quantitative estimate of drug-likeness (QED) is 0.847. The Labute approximate surface area is 97.8 Å². The Morgan fingerprint density at radius 2 is 2.43 bits per heavy atom. The fourth-order valence-corrected chi connectivity index (χ4v) is 3.27. The van der Waals surface area contributed by atoms with Crippen molar-refractivity contribution >= 4 is 27.7 Å². The van der Waals surface area contributed by atoms with Crippen LogP contribution in [0.4, 0.5) is 0 Å². The van der Waals surface area contributed by atoms with Crippen molar-refractivity contribution in [3.8, 4) is 0 Å². The molecule has 0 radical (unpaired) electrons. The van der Waals surface area contributed by atoms with E-state index in [-0.39, 0.29) is 0 Å². The molecule has 2 rings (SSSR count). The van der Waals surface area contributed by atoms with Crippen LogP contribution < -0.4 is 5.32 Å². The van der Waals surface area contributed by atoms with E-state index in [0.29, 0.717) is 0 Å². The van der Waals surface area contributed by atoms with Crippen molar-refractivity contribution in [2.45, 2.75) is 23.8 Å². The van der Waals surface area contributed by atoms with Crippen molar-refractivity contribution in [3.05, 3.63) is 28.7 Å². The summed E-state index contributed by atoms with van der Waals surface area (Å²) in [6, 6.07) is 9.23. The SMILES string of the molecule is Brc1cccc(SC[C@H]2CCCN2)c1. The van der Waals surface area contributed by atoms with Crippen LogP contribution in [-0.4, -0.2) is 18.3 Å². The molecule has 76 valence electrons. The highest BCUT2D eigenvalue weighted by atomic mass is 79.9. The standard InChI is InChI=1S/C11H14BrNS/c12-9-3-1-5-11(7-9)14-8-10-4-2-6-13-10/h1,3,5,7,10,13H,2,4,6,8H2/t10-/m1/s1. The summed E-state index contributed by atoms with van der Waals surface area (Å²) in [6.07, 6.45) is 2.67. The first-order valence-corrected chi connectivity index (χ1v) is 6.74. The summed E-state index contributed by atoms with van der Waals surface area (Å²) in [7, 11) is 0. The van der Waals surface area contributed by atoms with Crippen molar-refractivity contribution in [3.63, 3.8) is 0 Å². The monoisotopic (exact) mass is 271 g/mol. The van der Waals surface area contributed by atoms with Crippen LogP contribution in [0.3, 0.4) is 0 Å². The van der Waals surface area contributed by atoms with Gasteiger partial charge < -0.3 is 5.32 Å². The number of hydrogen-bond acceptors (Lipinski definition) is 2. The van der Waals surface area contributed by atoms with Crippen LogP contribution in [0, 0.1) is 0 Å². The maximum Gasteiger partial charge on any atom is 0.0186 e. The van der Waals surface area contributed by atoms with Crippen molar-refractivity contribution in [2.24, 2.45) is 0 Å². The molecule has 1 aromatic carbocycles. The lowest BCUT2D eigenvalue weighted by Gasteiger charge is -2.09. The van der Waals surface area contributed by atoms with Crippen LogP contribution in [0.25, 0.3) is 0 Å². The maximum absolute atomic E-state index is 3.51. The minimum absolute atomic E-state index is 0.721. The van der Waals surface area contributed by atoms with E-state index in [1.807, 2.05) is 11.8 Å². The van der Waals surface area contributed by atoms with Gasteiger partial charge in [-0.2, -0.15) is 0 Å². The molecule has 1 aliphatic heterocycles. The van der Waals surface area contributed by atoms with Gasteiger partial charge in [-0.05, 0) is 37.6 Å². The number of nitrogens with one attached hydrogen (secondary N) is 1. The Balaban J connectivity index is 1.85. The van der Waals surface area contributed by atoms with Gasteiger partial charge in [0.2, 0.25) is 0 Å². The molecule has 1 aromatic rings. The minimum Gasteiger partial charge on any atom is -0.313 e. The van der Waals surface area contributed by atoms with Gasteiger partial charge in [0.15, 0.2) is 0 Å². The molecule has 0 unspecified atom stereocenters. The fourth-order valence-electron chi connectivity index (χ4n) is 1.65. The number of rotatable bonds is 3. The van der Waals surface area contributed by atoms with Crippen molar-refractivity contribution in [2.75, 3.05) is 12.3 Å². The molecule has 3 heteroatoms. The molecule has 1 fully saturated rings. The number of thioether (sulfide) groups is 1. The minimum atomic E-state index is 0.721. The second kappa shape index (κ2) is 5.19. The van der Waals surface area contributed by atoms with Gasteiger partial charge in [0, 0.05) is 21.2 Å². The average Bonchev–Trinajstić information content (AvgIpc) is 2.67. The Bertz CT molecular complexity index is 297. The number of hydrogen-bond donors (Lipinski definition) is 1. The predicted octanol–water partition coefficient (Wildman–Crippen LogP) is 3.29. The molecule has 0 aliphatic carbocycles. The zero-order valence-corrected chi connectivity index (χ0v) is 10.4. The van der Waals surface area contributed by atoms with Crippen molar-refractivity contribution < 1.29 is 0 Å². The average molecular weight is 272 g/mol. The van der Waals surface area contributed by atoms with E-state index < -0.39 is 0 Å². The summed E-state index contributed by atoms with van der Waals surface area (Å²) in [5.41, 5.74) is 0. The van der Waals surface area contributed by atoms with E-state index >= 15 is 0 Å². The smallest absolute Gasteiger partial charge is 0.0186 e. The van der Waals surface area contributed by atoms with E-state index in [2.05, 4.69) is 45.5 Å². The van der Waals surface area contributed by atoms with Gasteiger partial charge in [-0.25, -0.2) is 0 Å². The summed E-state index contributed by atoms with van der Waals surface area (Å²) >= 11 is 5.43. The topological polar surface area (TPSA) is 12.0 Å². The van der Waals surface area contributed by atoms with Gasteiger partial charge in [0.1, 0.15) is 0 Å². The number of halogens is 1. The summed E-state index contributed by atoms with van der Waals surface area (Å²) in [5, 5.41) is 3.51. The third-order valence-corrected chi connectivity index (χ3v) is 4.06. The molecule has 0 amide bonds. The molecule has 1 nitrogen and oxygen atoms in total. The molecule has 0 bridgehead atoms. The van der Waals surface area contributed by atoms with Crippen LogP contribution in [0.2, 0.25) is 0 Å².